The summed E-state index contributed by atoms with van der Waals surface area (Å²) in [7, 11) is -3.32. The Hall–Kier alpha value is 0.160. The Balaban J connectivity index is 2.54. The summed E-state index contributed by atoms with van der Waals surface area (Å²) in [4.78, 5) is 0. The molecule has 1 N–H and O–H groups in total. The lowest BCUT2D eigenvalue weighted by Crippen LogP contribution is -2.47. The minimum Gasteiger partial charge on any atom is -0.198 e. The molecule has 0 aliphatic carbocycles. The number of nitrogens with zero attached hydrogens (tertiary/aromatic N) is 1. The van der Waals surface area contributed by atoms with Crippen molar-refractivity contribution in [1.82, 2.24) is 9.03 Å². The summed E-state index contributed by atoms with van der Waals surface area (Å²) in [6.45, 7) is 5.15. The van der Waals surface area contributed by atoms with Gasteiger partial charge in [-0.3, -0.25) is 0 Å². The minimum absolute atomic E-state index is 0.212. The molecule has 1 rings (SSSR count). The summed E-state index contributed by atoms with van der Waals surface area (Å²) in [5, 5.41) is 0. The molecule has 90 valence electrons. The Morgan fingerprint density at radius 1 is 1.47 bits per heavy atom. The van der Waals surface area contributed by atoms with Crippen molar-refractivity contribution in [3.63, 3.8) is 0 Å². The van der Waals surface area contributed by atoms with Crippen LogP contribution in [-0.2, 0) is 10.2 Å². The molecule has 1 unspecified atom stereocenters. The van der Waals surface area contributed by atoms with Crippen molar-refractivity contribution in [2.45, 2.75) is 32.7 Å². The molecular weight excluding hydrogens is 236 g/mol. The van der Waals surface area contributed by atoms with Gasteiger partial charge in [-0.05, 0) is 25.7 Å². The zero-order chi connectivity index (χ0) is 11.5. The molecule has 1 fully saturated rings. The fourth-order valence-corrected chi connectivity index (χ4v) is 3.19. The van der Waals surface area contributed by atoms with Crippen molar-refractivity contribution in [2.75, 3.05) is 19.0 Å². The largest absolute Gasteiger partial charge is 0.279 e. The van der Waals surface area contributed by atoms with E-state index < -0.39 is 10.2 Å². The number of alkyl halides is 1. The maximum Gasteiger partial charge on any atom is 0.279 e. The molecule has 0 amide bonds. The molecule has 15 heavy (non-hydrogen) atoms. The molecule has 0 saturated carbocycles. The second-order valence-electron chi connectivity index (χ2n) is 4.26. The van der Waals surface area contributed by atoms with Crippen LogP contribution in [0.4, 0.5) is 0 Å². The van der Waals surface area contributed by atoms with Gasteiger partial charge in [0.15, 0.2) is 0 Å². The molecular formula is C9H19ClN2O2S. The van der Waals surface area contributed by atoms with E-state index in [-0.39, 0.29) is 6.04 Å². The normalized spacial score (nSPS) is 22.9. The molecule has 1 aliphatic heterocycles. The van der Waals surface area contributed by atoms with E-state index in [9.17, 15) is 8.42 Å². The van der Waals surface area contributed by atoms with Gasteiger partial charge in [-0.2, -0.15) is 17.4 Å². The maximum absolute atomic E-state index is 11.8. The van der Waals surface area contributed by atoms with Crippen LogP contribution in [0.2, 0.25) is 0 Å². The van der Waals surface area contributed by atoms with E-state index in [1.165, 1.54) is 4.31 Å². The second kappa shape index (κ2) is 5.48. The van der Waals surface area contributed by atoms with Gasteiger partial charge in [-0.25, -0.2) is 0 Å². The molecule has 0 aromatic rings. The fraction of sp³-hybridized carbons (Fsp3) is 1.00. The Labute approximate surface area is 97.2 Å². The number of piperidine rings is 1. The van der Waals surface area contributed by atoms with Crippen molar-refractivity contribution in [1.29, 1.82) is 0 Å². The van der Waals surface area contributed by atoms with Gasteiger partial charge >= 0.3 is 0 Å². The van der Waals surface area contributed by atoms with Crippen LogP contribution in [0.15, 0.2) is 0 Å². The molecule has 1 saturated heterocycles. The Morgan fingerprint density at radius 3 is 2.47 bits per heavy atom. The van der Waals surface area contributed by atoms with E-state index in [1.807, 2.05) is 0 Å². The van der Waals surface area contributed by atoms with Gasteiger partial charge in [0.1, 0.15) is 0 Å². The Bertz CT molecular complexity index is 286. The van der Waals surface area contributed by atoms with Crippen molar-refractivity contribution >= 4 is 21.8 Å². The third-order valence-electron chi connectivity index (χ3n) is 2.66. The van der Waals surface area contributed by atoms with Gasteiger partial charge in [-0.1, -0.05) is 6.92 Å². The fourth-order valence-electron chi connectivity index (χ4n) is 1.59. The summed E-state index contributed by atoms with van der Waals surface area (Å²) < 4.78 is 27.7. The van der Waals surface area contributed by atoms with Gasteiger partial charge in [0.25, 0.3) is 10.2 Å². The van der Waals surface area contributed by atoms with Crippen LogP contribution in [0, 0.1) is 5.92 Å². The van der Waals surface area contributed by atoms with E-state index in [0.717, 1.165) is 12.8 Å². The van der Waals surface area contributed by atoms with Crippen LogP contribution >= 0.6 is 11.6 Å². The van der Waals surface area contributed by atoms with Gasteiger partial charge in [-0.15, -0.1) is 11.6 Å². The smallest absolute Gasteiger partial charge is 0.198 e. The molecule has 6 heteroatoms. The molecule has 0 aromatic carbocycles. The molecule has 0 bridgehead atoms. The SMILES string of the molecule is CC1CCN(S(=O)(=O)NC(C)CCl)CC1. The molecule has 0 spiro atoms. The summed E-state index contributed by atoms with van der Waals surface area (Å²) in [6.07, 6.45) is 1.88. The highest BCUT2D eigenvalue weighted by Gasteiger charge is 2.27. The van der Waals surface area contributed by atoms with Gasteiger partial charge in [0, 0.05) is 25.0 Å². The summed E-state index contributed by atoms with van der Waals surface area (Å²) in [6, 6.07) is -0.212. The average molecular weight is 255 g/mol. The molecule has 4 nitrogen and oxygen atoms in total. The monoisotopic (exact) mass is 254 g/mol. The second-order valence-corrected chi connectivity index (χ2v) is 6.27. The zero-order valence-corrected chi connectivity index (χ0v) is 10.8. The first-order chi connectivity index (χ1) is 6.95. The molecule has 1 atom stereocenters. The molecule has 0 aromatic heterocycles. The summed E-state index contributed by atoms with van der Waals surface area (Å²) >= 11 is 5.57. The van der Waals surface area contributed by atoms with Crippen LogP contribution in [0.5, 0.6) is 0 Å². The highest BCUT2D eigenvalue weighted by Crippen LogP contribution is 2.18. The summed E-state index contributed by atoms with van der Waals surface area (Å²) in [5.74, 6) is 0.922. The third-order valence-corrected chi connectivity index (χ3v) is 4.87. The first-order valence-corrected chi connectivity index (χ1v) is 7.26. The number of halogens is 1. The lowest BCUT2D eigenvalue weighted by Gasteiger charge is -2.30. The lowest BCUT2D eigenvalue weighted by atomic mass is 10.0. The van der Waals surface area contributed by atoms with Crippen molar-refractivity contribution in [3.8, 4) is 0 Å². The first-order valence-electron chi connectivity index (χ1n) is 5.29. The van der Waals surface area contributed by atoms with Gasteiger partial charge in [0.05, 0.1) is 0 Å². The number of rotatable bonds is 4. The predicted octanol–water partition coefficient (Wildman–Crippen LogP) is 1.18. The first kappa shape index (κ1) is 13.2. The maximum atomic E-state index is 11.8. The Kier molecular flexibility index (Phi) is 4.83. The van der Waals surface area contributed by atoms with Crippen molar-refractivity contribution in [2.24, 2.45) is 5.92 Å². The van der Waals surface area contributed by atoms with Crippen LogP contribution in [0.1, 0.15) is 26.7 Å². The van der Waals surface area contributed by atoms with Crippen LogP contribution < -0.4 is 4.72 Å². The summed E-state index contributed by atoms with van der Waals surface area (Å²) in [5.41, 5.74) is 0. The quantitative estimate of drug-likeness (QED) is 0.766. The standard InChI is InChI=1S/C9H19ClN2O2S/c1-8-3-5-12(6-4-8)15(13,14)11-9(2)7-10/h8-9,11H,3-7H2,1-2H3. The molecule has 1 heterocycles. The van der Waals surface area contributed by atoms with E-state index in [2.05, 4.69) is 11.6 Å². The van der Waals surface area contributed by atoms with E-state index in [1.54, 1.807) is 6.92 Å². The van der Waals surface area contributed by atoms with Crippen molar-refractivity contribution < 1.29 is 8.42 Å². The zero-order valence-electron chi connectivity index (χ0n) is 9.24. The highest BCUT2D eigenvalue weighted by molar-refractivity contribution is 7.87. The molecule has 0 radical (unpaired) electrons. The number of hydrogen-bond acceptors (Lipinski definition) is 2. The minimum atomic E-state index is -3.32. The Morgan fingerprint density at radius 2 is 2.00 bits per heavy atom. The van der Waals surface area contributed by atoms with Crippen LogP contribution in [0.3, 0.4) is 0 Å². The van der Waals surface area contributed by atoms with E-state index >= 15 is 0 Å². The van der Waals surface area contributed by atoms with Gasteiger partial charge in [0.2, 0.25) is 0 Å². The van der Waals surface area contributed by atoms with Crippen LogP contribution in [-0.4, -0.2) is 37.7 Å². The lowest BCUT2D eigenvalue weighted by molar-refractivity contribution is 0.284. The van der Waals surface area contributed by atoms with Crippen LogP contribution in [0.25, 0.3) is 0 Å². The molecule has 1 aliphatic rings. The van der Waals surface area contributed by atoms with E-state index in [4.69, 9.17) is 11.6 Å². The van der Waals surface area contributed by atoms with Gasteiger partial charge < -0.3 is 0 Å². The number of nitrogens with one attached hydrogen (secondary N) is 1. The van der Waals surface area contributed by atoms with E-state index in [0.29, 0.717) is 24.9 Å². The number of hydrogen-bond donors (Lipinski definition) is 1. The third kappa shape index (κ3) is 3.90. The average Bonchev–Trinajstić information content (AvgIpc) is 2.17. The predicted molar refractivity (Wildman–Crippen MR) is 62.2 cm³/mol. The topological polar surface area (TPSA) is 49.4 Å². The highest BCUT2D eigenvalue weighted by atomic mass is 35.5. The van der Waals surface area contributed by atoms with Crippen molar-refractivity contribution in [3.05, 3.63) is 0 Å².